The second-order valence-corrected chi connectivity index (χ2v) is 2.63. The van der Waals surface area contributed by atoms with Gasteiger partial charge in [0.15, 0.2) is 0 Å². The number of hydrogen-bond donors (Lipinski definition) is 1. The molecule has 0 heterocycles. The molecular weight excluding hydrogens is 179 g/mol. The molecule has 1 N–H and O–H groups in total. The molecule has 0 saturated heterocycles. The molecule has 0 unspecified atom stereocenters. The monoisotopic (exact) mass is 188 g/mol. The molecule has 0 aliphatic carbocycles. The predicted molar refractivity (Wildman–Crippen MR) is 41.5 cm³/mol. The third kappa shape index (κ3) is 3.38. The Bertz CT molecular complexity index is 281. The average molecular weight is 188 g/mol. The van der Waals surface area contributed by atoms with E-state index in [1.165, 1.54) is 12.1 Å². The number of aromatic hydroxyl groups is 1. The van der Waals surface area contributed by atoms with Crippen LogP contribution in [0.4, 0.5) is 0 Å². The molecule has 0 radical (unpaired) electrons. The number of phenols is 1. The second kappa shape index (κ2) is 5.27. The summed E-state index contributed by atoms with van der Waals surface area (Å²) in [6, 6.07) is 6.04. The first-order valence-corrected chi connectivity index (χ1v) is 3.61. The zero-order chi connectivity index (χ0) is 9.14. The number of aliphatic carboxylic acids is 1. The molecule has 1 rings (SSSR count). The first-order valence-electron chi connectivity index (χ1n) is 3.61. The maximum atomic E-state index is 10.4. The van der Waals surface area contributed by atoms with Gasteiger partial charge in [0.05, 0.1) is 0 Å². The number of benzene rings is 1. The van der Waals surface area contributed by atoms with Crippen LogP contribution in [0.1, 0.15) is 18.4 Å². The molecular formula is C9H9NaO3. The van der Waals surface area contributed by atoms with E-state index in [9.17, 15) is 9.90 Å². The largest absolute Gasteiger partial charge is 1.00 e. The molecule has 13 heavy (non-hydrogen) atoms. The van der Waals surface area contributed by atoms with Crippen molar-refractivity contribution in [3.8, 4) is 5.75 Å². The molecule has 0 bridgehead atoms. The van der Waals surface area contributed by atoms with Crippen molar-refractivity contribution in [3.05, 3.63) is 29.8 Å². The van der Waals surface area contributed by atoms with Gasteiger partial charge in [0.25, 0.3) is 0 Å². The Kier molecular flexibility index (Phi) is 5.06. The molecule has 4 heteroatoms. The molecule has 0 aliphatic rings. The van der Waals surface area contributed by atoms with Gasteiger partial charge in [-0.25, -0.2) is 0 Å². The summed E-state index contributed by atoms with van der Waals surface area (Å²) in [6.07, 6.45) is 0. The molecule has 64 valence electrons. The van der Waals surface area contributed by atoms with Gasteiger partial charge >= 0.3 is 29.6 Å². The molecule has 0 aliphatic heterocycles. The second-order valence-electron chi connectivity index (χ2n) is 2.63. The van der Waals surface area contributed by atoms with Gasteiger partial charge in [-0.1, -0.05) is 19.1 Å². The Morgan fingerprint density at radius 1 is 1.38 bits per heavy atom. The molecule has 1 aromatic rings. The van der Waals surface area contributed by atoms with Crippen LogP contribution in [0.2, 0.25) is 0 Å². The minimum atomic E-state index is -1.11. The van der Waals surface area contributed by atoms with Gasteiger partial charge in [0, 0.05) is 11.9 Å². The fraction of sp³-hybridized carbons (Fsp3) is 0.222. The Balaban J connectivity index is 0.00000144. The number of carboxylic acids is 1. The van der Waals surface area contributed by atoms with Crippen LogP contribution >= 0.6 is 0 Å². The van der Waals surface area contributed by atoms with Gasteiger partial charge < -0.3 is 15.0 Å². The molecule has 1 atom stereocenters. The van der Waals surface area contributed by atoms with E-state index in [2.05, 4.69) is 0 Å². The summed E-state index contributed by atoms with van der Waals surface area (Å²) < 4.78 is 0. The van der Waals surface area contributed by atoms with Crippen LogP contribution in [0.25, 0.3) is 0 Å². The number of carbonyl (C=O) groups is 1. The van der Waals surface area contributed by atoms with Gasteiger partial charge in [-0.15, -0.1) is 0 Å². The third-order valence-electron chi connectivity index (χ3n) is 1.75. The molecule has 0 fully saturated rings. The zero-order valence-corrected chi connectivity index (χ0v) is 9.65. The maximum Gasteiger partial charge on any atom is 1.00 e. The molecule has 0 aromatic heterocycles. The summed E-state index contributed by atoms with van der Waals surface area (Å²) in [6.45, 7) is 1.54. The number of rotatable bonds is 2. The van der Waals surface area contributed by atoms with E-state index in [4.69, 9.17) is 5.11 Å². The average Bonchev–Trinajstić information content (AvgIpc) is 2.04. The summed E-state index contributed by atoms with van der Waals surface area (Å²) in [5.41, 5.74) is 0.632. The summed E-state index contributed by atoms with van der Waals surface area (Å²) in [5, 5.41) is 19.3. The van der Waals surface area contributed by atoms with Crippen molar-refractivity contribution >= 4 is 5.97 Å². The number of phenolic OH excluding ortho intramolecular Hbond substituents is 1. The SMILES string of the molecule is C[C@@H](C(=O)[O-])c1ccc(O)cc1.[Na+]. The normalized spacial score (nSPS) is 11.5. The van der Waals surface area contributed by atoms with Crippen molar-refractivity contribution in [1.29, 1.82) is 0 Å². The standard InChI is InChI=1S/C9H10O3.Na/c1-6(9(11)12)7-2-4-8(10)5-3-7;/h2-6,10H,1H3,(H,11,12);/q;+1/p-1/t6-;/m1./s1. The van der Waals surface area contributed by atoms with Crippen molar-refractivity contribution in [2.24, 2.45) is 0 Å². The fourth-order valence-corrected chi connectivity index (χ4v) is 0.899. The first-order chi connectivity index (χ1) is 5.61. The van der Waals surface area contributed by atoms with Crippen LogP contribution in [-0.2, 0) is 4.79 Å². The summed E-state index contributed by atoms with van der Waals surface area (Å²) in [7, 11) is 0. The van der Waals surface area contributed by atoms with Crippen molar-refractivity contribution < 1.29 is 44.6 Å². The molecule has 0 spiro atoms. The number of carbonyl (C=O) groups excluding carboxylic acids is 1. The number of hydrogen-bond acceptors (Lipinski definition) is 3. The van der Waals surface area contributed by atoms with Gasteiger partial charge in [-0.05, 0) is 17.7 Å². The summed E-state index contributed by atoms with van der Waals surface area (Å²) in [5.74, 6) is -1.62. The van der Waals surface area contributed by atoms with Crippen LogP contribution in [-0.4, -0.2) is 11.1 Å². The summed E-state index contributed by atoms with van der Waals surface area (Å²) in [4.78, 5) is 10.4. The molecule has 1 aromatic carbocycles. The van der Waals surface area contributed by atoms with Gasteiger partial charge in [-0.2, -0.15) is 0 Å². The van der Waals surface area contributed by atoms with E-state index in [-0.39, 0.29) is 35.3 Å². The van der Waals surface area contributed by atoms with Crippen LogP contribution in [0, 0.1) is 0 Å². The van der Waals surface area contributed by atoms with E-state index in [0.717, 1.165) is 0 Å². The molecule has 3 nitrogen and oxygen atoms in total. The minimum Gasteiger partial charge on any atom is -0.550 e. The van der Waals surface area contributed by atoms with E-state index in [1.54, 1.807) is 19.1 Å². The van der Waals surface area contributed by atoms with E-state index in [0.29, 0.717) is 5.56 Å². The Labute approximate surface area is 98.7 Å². The third-order valence-corrected chi connectivity index (χ3v) is 1.75. The maximum absolute atomic E-state index is 10.4. The van der Waals surface area contributed by atoms with Crippen molar-refractivity contribution in [1.82, 2.24) is 0 Å². The van der Waals surface area contributed by atoms with E-state index >= 15 is 0 Å². The fourth-order valence-electron chi connectivity index (χ4n) is 0.899. The van der Waals surface area contributed by atoms with Gasteiger partial charge in [-0.3, -0.25) is 0 Å². The molecule has 0 amide bonds. The smallest absolute Gasteiger partial charge is 0.550 e. The Morgan fingerprint density at radius 2 is 1.85 bits per heavy atom. The van der Waals surface area contributed by atoms with Gasteiger partial charge in [0.2, 0.25) is 0 Å². The van der Waals surface area contributed by atoms with Crippen molar-refractivity contribution in [2.45, 2.75) is 12.8 Å². The first kappa shape index (κ1) is 12.5. The minimum absolute atomic E-state index is 0. The zero-order valence-electron chi connectivity index (χ0n) is 7.65. The Hall–Kier alpha value is -0.510. The quantitative estimate of drug-likeness (QED) is 0.512. The molecule has 0 saturated carbocycles. The number of carboxylic acid groups (broad SMARTS) is 1. The summed E-state index contributed by atoms with van der Waals surface area (Å²) >= 11 is 0. The van der Waals surface area contributed by atoms with Crippen LogP contribution < -0.4 is 34.7 Å². The van der Waals surface area contributed by atoms with Crippen LogP contribution in [0.5, 0.6) is 5.75 Å². The van der Waals surface area contributed by atoms with Crippen molar-refractivity contribution in [2.75, 3.05) is 0 Å². The van der Waals surface area contributed by atoms with E-state index in [1.807, 2.05) is 0 Å². The van der Waals surface area contributed by atoms with Crippen LogP contribution in [0.3, 0.4) is 0 Å². The van der Waals surface area contributed by atoms with Crippen molar-refractivity contribution in [3.63, 3.8) is 0 Å². The topological polar surface area (TPSA) is 60.4 Å². The Morgan fingerprint density at radius 3 is 2.23 bits per heavy atom. The predicted octanol–water partition coefficient (Wildman–Crippen LogP) is -2.75. The van der Waals surface area contributed by atoms with Gasteiger partial charge in [0.1, 0.15) is 5.75 Å². The van der Waals surface area contributed by atoms with Crippen LogP contribution in [0.15, 0.2) is 24.3 Å². The van der Waals surface area contributed by atoms with E-state index < -0.39 is 11.9 Å².